The van der Waals surface area contributed by atoms with Gasteiger partial charge in [0.1, 0.15) is 0 Å². The number of aromatic nitrogens is 1. The van der Waals surface area contributed by atoms with E-state index in [9.17, 15) is 0 Å². The van der Waals surface area contributed by atoms with Crippen LogP contribution in [-0.4, -0.2) is 11.2 Å². The molecule has 0 saturated heterocycles. The first kappa shape index (κ1) is 11.3. The van der Waals surface area contributed by atoms with Gasteiger partial charge in [-0.05, 0) is 18.6 Å². The van der Waals surface area contributed by atoms with Gasteiger partial charge in [0.2, 0.25) is 0 Å². The highest BCUT2D eigenvalue weighted by molar-refractivity contribution is 7.99. The molecule has 0 amide bonds. The Kier molecular flexibility index (Phi) is 6.57. The molecule has 1 aromatic heterocycles. The van der Waals surface area contributed by atoms with Crippen LogP contribution in [0.4, 0.5) is 5.69 Å². The van der Waals surface area contributed by atoms with E-state index in [0.717, 1.165) is 5.69 Å². The van der Waals surface area contributed by atoms with Crippen LogP contribution in [0, 0.1) is 6.92 Å². The third-order valence-electron chi connectivity index (χ3n) is 1.09. The first-order valence-electron chi connectivity index (χ1n) is 4.03. The molecule has 0 aliphatic rings. The molecule has 68 valence electrons. The third-order valence-corrected chi connectivity index (χ3v) is 1.53. The van der Waals surface area contributed by atoms with Crippen molar-refractivity contribution in [3.8, 4) is 0 Å². The summed E-state index contributed by atoms with van der Waals surface area (Å²) < 4.78 is 3.10. The Bertz CT molecular complexity index is 213. The maximum absolute atomic E-state index is 4.03. The molecule has 0 unspecified atom stereocenters. The van der Waals surface area contributed by atoms with Crippen LogP contribution >= 0.6 is 11.9 Å². The van der Waals surface area contributed by atoms with E-state index in [2.05, 4.69) is 15.8 Å². The highest BCUT2D eigenvalue weighted by Crippen LogP contribution is 2.09. The quantitative estimate of drug-likeness (QED) is 0.715. The van der Waals surface area contributed by atoms with Crippen molar-refractivity contribution in [1.82, 2.24) is 4.98 Å². The van der Waals surface area contributed by atoms with Gasteiger partial charge in [0.05, 0.1) is 11.9 Å². The predicted octanol–water partition coefficient (Wildman–Crippen LogP) is 3.11. The fourth-order valence-electron chi connectivity index (χ4n) is 0.729. The molecule has 0 radical (unpaired) electrons. The van der Waals surface area contributed by atoms with Gasteiger partial charge >= 0.3 is 0 Å². The van der Waals surface area contributed by atoms with E-state index in [1.807, 2.05) is 39.4 Å². The molecule has 0 saturated carbocycles. The largest absolute Gasteiger partial charge is 0.329 e. The van der Waals surface area contributed by atoms with Crippen molar-refractivity contribution in [3.05, 3.63) is 24.0 Å². The van der Waals surface area contributed by atoms with E-state index in [1.165, 1.54) is 5.56 Å². The van der Waals surface area contributed by atoms with E-state index in [1.54, 1.807) is 11.9 Å². The molecule has 1 heterocycles. The Balaban J connectivity index is 0.000000561. The van der Waals surface area contributed by atoms with Crippen LogP contribution in [-0.2, 0) is 0 Å². The van der Waals surface area contributed by atoms with Crippen LogP contribution in [0.5, 0.6) is 0 Å². The molecular weight excluding hydrogens is 168 g/mol. The van der Waals surface area contributed by atoms with Crippen LogP contribution < -0.4 is 4.72 Å². The van der Waals surface area contributed by atoms with Crippen LogP contribution in [0.15, 0.2) is 18.5 Å². The van der Waals surface area contributed by atoms with Crippen molar-refractivity contribution in [2.75, 3.05) is 11.0 Å². The Morgan fingerprint density at radius 3 is 2.50 bits per heavy atom. The van der Waals surface area contributed by atoms with Crippen LogP contribution in [0.3, 0.4) is 0 Å². The number of hydrogen-bond acceptors (Lipinski definition) is 3. The van der Waals surface area contributed by atoms with E-state index >= 15 is 0 Å². The summed E-state index contributed by atoms with van der Waals surface area (Å²) in [6.07, 6.45) is 5.64. The second-order valence-electron chi connectivity index (χ2n) is 2.06. The molecule has 0 aliphatic heterocycles. The number of nitrogens with one attached hydrogen (secondary N) is 1. The predicted molar refractivity (Wildman–Crippen MR) is 57.5 cm³/mol. The van der Waals surface area contributed by atoms with Gasteiger partial charge in [-0.2, -0.15) is 0 Å². The van der Waals surface area contributed by atoms with Gasteiger partial charge in [0.25, 0.3) is 0 Å². The Hall–Kier alpha value is -0.700. The monoisotopic (exact) mass is 184 g/mol. The van der Waals surface area contributed by atoms with Crippen molar-refractivity contribution in [2.45, 2.75) is 20.8 Å². The summed E-state index contributed by atoms with van der Waals surface area (Å²) in [5.74, 6) is 0. The second-order valence-corrected chi connectivity index (χ2v) is 2.67. The average Bonchev–Trinajstić information content (AvgIpc) is 2.09. The zero-order valence-electron chi connectivity index (χ0n) is 8.09. The summed E-state index contributed by atoms with van der Waals surface area (Å²) >= 11 is 1.57. The number of aryl methyl sites for hydroxylation is 1. The minimum absolute atomic E-state index is 1.06. The lowest BCUT2D eigenvalue weighted by Crippen LogP contribution is -1.86. The zero-order chi connectivity index (χ0) is 9.40. The molecule has 12 heavy (non-hydrogen) atoms. The summed E-state index contributed by atoms with van der Waals surface area (Å²) in [4.78, 5) is 4.03. The molecule has 1 rings (SSSR count). The van der Waals surface area contributed by atoms with Gasteiger partial charge < -0.3 is 4.72 Å². The van der Waals surface area contributed by atoms with Crippen LogP contribution in [0.1, 0.15) is 19.4 Å². The number of hydrogen-bond donors (Lipinski definition) is 1. The lowest BCUT2D eigenvalue weighted by molar-refractivity contribution is 1.27. The minimum Gasteiger partial charge on any atom is -0.329 e. The molecule has 0 spiro atoms. The highest BCUT2D eigenvalue weighted by atomic mass is 32.2. The molecule has 2 nitrogen and oxygen atoms in total. The lowest BCUT2D eigenvalue weighted by Gasteiger charge is -2.00. The molecular formula is C9H16N2S. The first-order valence-corrected chi connectivity index (χ1v) is 5.26. The van der Waals surface area contributed by atoms with Gasteiger partial charge in [0, 0.05) is 12.5 Å². The fraction of sp³-hybridized carbons (Fsp3) is 0.444. The van der Waals surface area contributed by atoms with Crippen molar-refractivity contribution in [2.24, 2.45) is 0 Å². The van der Waals surface area contributed by atoms with Crippen molar-refractivity contribution in [1.29, 1.82) is 0 Å². The van der Waals surface area contributed by atoms with Gasteiger partial charge in [-0.3, -0.25) is 4.98 Å². The lowest BCUT2D eigenvalue weighted by atomic mass is 10.3. The number of nitrogens with zero attached hydrogens (tertiary/aromatic N) is 1. The van der Waals surface area contributed by atoms with Gasteiger partial charge in [-0.1, -0.05) is 25.8 Å². The maximum atomic E-state index is 4.03. The standard InChI is InChI=1S/C7H10N2S.C2H6/c1-6-3-7(9-10-2)5-8-4-6;1-2/h3-5,9H,1-2H3;1-2H3. The molecule has 1 aromatic rings. The Morgan fingerprint density at radius 1 is 1.33 bits per heavy atom. The SMILES string of the molecule is CC.CSNc1cncc(C)c1. The zero-order valence-corrected chi connectivity index (χ0v) is 8.90. The average molecular weight is 184 g/mol. The summed E-state index contributed by atoms with van der Waals surface area (Å²) in [6.45, 7) is 6.03. The van der Waals surface area contributed by atoms with E-state index in [0.29, 0.717) is 0 Å². The Morgan fingerprint density at radius 2 is 2.00 bits per heavy atom. The van der Waals surface area contributed by atoms with E-state index in [4.69, 9.17) is 0 Å². The summed E-state index contributed by atoms with van der Waals surface area (Å²) in [5.41, 5.74) is 2.24. The third kappa shape index (κ3) is 4.23. The molecule has 0 aromatic carbocycles. The topological polar surface area (TPSA) is 24.9 Å². The smallest absolute Gasteiger partial charge is 0.0628 e. The van der Waals surface area contributed by atoms with Crippen LogP contribution in [0.2, 0.25) is 0 Å². The summed E-state index contributed by atoms with van der Waals surface area (Å²) in [7, 11) is 0. The second kappa shape index (κ2) is 6.98. The van der Waals surface area contributed by atoms with E-state index in [-0.39, 0.29) is 0 Å². The molecule has 3 heteroatoms. The van der Waals surface area contributed by atoms with Gasteiger partial charge in [0.15, 0.2) is 0 Å². The number of anilines is 1. The minimum atomic E-state index is 1.06. The number of pyridine rings is 1. The molecule has 0 bridgehead atoms. The normalized spacial score (nSPS) is 8.33. The van der Waals surface area contributed by atoms with Gasteiger partial charge in [-0.25, -0.2) is 0 Å². The van der Waals surface area contributed by atoms with E-state index < -0.39 is 0 Å². The van der Waals surface area contributed by atoms with Crippen molar-refractivity contribution >= 4 is 17.6 Å². The maximum Gasteiger partial charge on any atom is 0.0628 e. The Labute approximate surface area is 78.9 Å². The number of rotatable bonds is 2. The summed E-state index contributed by atoms with van der Waals surface area (Å²) in [5, 5.41) is 0. The summed E-state index contributed by atoms with van der Waals surface area (Å²) in [6, 6.07) is 2.06. The molecule has 0 fully saturated rings. The van der Waals surface area contributed by atoms with Crippen molar-refractivity contribution in [3.63, 3.8) is 0 Å². The van der Waals surface area contributed by atoms with Gasteiger partial charge in [-0.15, -0.1) is 0 Å². The highest BCUT2D eigenvalue weighted by Gasteiger charge is 1.88. The first-order chi connectivity index (χ1) is 5.83. The molecule has 0 atom stereocenters. The molecule has 0 aliphatic carbocycles. The van der Waals surface area contributed by atoms with Crippen LogP contribution in [0.25, 0.3) is 0 Å². The fourth-order valence-corrected chi connectivity index (χ4v) is 1.08. The van der Waals surface area contributed by atoms with Crippen molar-refractivity contribution < 1.29 is 0 Å². The molecule has 1 N–H and O–H groups in total.